The quantitative estimate of drug-likeness (QED) is 0.626. The largest absolute Gasteiger partial charge is 0.493 e. The van der Waals surface area contributed by atoms with Crippen molar-refractivity contribution in [3.05, 3.63) is 59.7 Å². The zero-order valence-electron chi connectivity index (χ0n) is 18.6. The van der Waals surface area contributed by atoms with Crippen LogP contribution in [0.5, 0.6) is 11.5 Å². The number of ketones is 1. The molecule has 0 radical (unpaired) electrons. The monoisotopic (exact) mass is 424 g/mol. The number of carbonyl (C=O) groups excluding carboxylic acids is 2. The van der Waals surface area contributed by atoms with E-state index in [4.69, 9.17) is 9.47 Å². The SMILES string of the molecule is COc1ccc(CCNC(=O)C(C)N2CCC(C(=O)c3ccccc3)CC2)cc1OC. The Bertz CT molecular complexity index is 876. The summed E-state index contributed by atoms with van der Waals surface area (Å²) in [6.07, 6.45) is 2.29. The zero-order chi connectivity index (χ0) is 22.2. The highest BCUT2D eigenvalue weighted by atomic mass is 16.5. The van der Waals surface area contributed by atoms with Crippen LogP contribution in [0.2, 0.25) is 0 Å². The lowest BCUT2D eigenvalue weighted by Crippen LogP contribution is -2.49. The number of hydrogen-bond donors (Lipinski definition) is 1. The van der Waals surface area contributed by atoms with Crippen LogP contribution in [0.4, 0.5) is 0 Å². The highest BCUT2D eigenvalue weighted by molar-refractivity contribution is 5.97. The Morgan fingerprint density at radius 2 is 1.71 bits per heavy atom. The fourth-order valence-corrected chi connectivity index (χ4v) is 4.07. The third-order valence-electron chi connectivity index (χ3n) is 6.05. The highest BCUT2D eigenvalue weighted by Crippen LogP contribution is 2.27. The summed E-state index contributed by atoms with van der Waals surface area (Å²) >= 11 is 0. The van der Waals surface area contributed by atoms with E-state index in [1.807, 2.05) is 55.5 Å². The Hall–Kier alpha value is -2.86. The van der Waals surface area contributed by atoms with Crippen LogP contribution in [0.3, 0.4) is 0 Å². The maximum absolute atomic E-state index is 12.7. The molecule has 3 rings (SSSR count). The minimum atomic E-state index is -0.210. The van der Waals surface area contributed by atoms with E-state index in [0.717, 1.165) is 37.1 Å². The van der Waals surface area contributed by atoms with Gasteiger partial charge in [-0.2, -0.15) is 0 Å². The van der Waals surface area contributed by atoms with Gasteiger partial charge in [-0.3, -0.25) is 14.5 Å². The second kappa shape index (κ2) is 11.0. The van der Waals surface area contributed by atoms with Crippen LogP contribution in [-0.2, 0) is 11.2 Å². The summed E-state index contributed by atoms with van der Waals surface area (Å²) in [5, 5.41) is 3.03. The van der Waals surface area contributed by atoms with Gasteiger partial charge in [0, 0.05) is 18.0 Å². The van der Waals surface area contributed by atoms with E-state index in [0.29, 0.717) is 24.5 Å². The van der Waals surface area contributed by atoms with Crippen LogP contribution in [0.15, 0.2) is 48.5 Å². The van der Waals surface area contributed by atoms with Crippen LogP contribution in [0.1, 0.15) is 35.7 Å². The summed E-state index contributed by atoms with van der Waals surface area (Å²) in [7, 11) is 3.22. The van der Waals surface area contributed by atoms with Gasteiger partial charge in [-0.25, -0.2) is 0 Å². The molecule has 1 fully saturated rings. The van der Waals surface area contributed by atoms with Crippen molar-refractivity contribution >= 4 is 11.7 Å². The molecule has 1 N–H and O–H groups in total. The smallest absolute Gasteiger partial charge is 0.237 e. The first-order valence-corrected chi connectivity index (χ1v) is 10.9. The Balaban J connectivity index is 1.44. The van der Waals surface area contributed by atoms with Crippen LogP contribution in [0.25, 0.3) is 0 Å². The summed E-state index contributed by atoms with van der Waals surface area (Å²) in [5.74, 6) is 1.66. The Kier molecular flexibility index (Phi) is 8.06. The first kappa shape index (κ1) is 22.8. The average molecular weight is 425 g/mol. The number of nitrogens with one attached hydrogen (secondary N) is 1. The predicted octanol–water partition coefficient (Wildman–Crippen LogP) is 3.35. The van der Waals surface area contributed by atoms with Crippen LogP contribution in [0, 0.1) is 5.92 Å². The molecule has 0 bridgehead atoms. The number of likely N-dealkylation sites (tertiary alicyclic amines) is 1. The summed E-state index contributed by atoms with van der Waals surface area (Å²) in [6.45, 7) is 4.01. The summed E-state index contributed by atoms with van der Waals surface area (Å²) in [5.41, 5.74) is 1.85. The lowest BCUT2D eigenvalue weighted by Gasteiger charge is -2.34. The number of ether oxygens (including phenoxy) is 2. The van der Waals surface area contributed by atoms with Gasteiger partial charge in [-0.1, -0.05) is 36.4 Å². The Morgan fingerprint density at radius 1 is 1.03 bits per heavy atom. The molecule has 1 heterocycles. The number of rotatable bonds is 9. The van der Waals surface area contributed by atoms with Gasteiger partial charge in [-0.15, -0.1) is 0 Å². The Labute approximate surface area is 184 Å². The van der Waals surface area contributed by atoms with Gasteiger partial charge in [0.05, 0.1) is 20.3 Å². The van der Waals surface area contributed by atoms with E-state index in [-0.39, 0.29) is 23.7 Å². The number of amides is 1. The normalized spacial score (nSPS) is 15.8. The molecule has 0 spiro atoms. The second-order valence-corrected chi connectivity index (χ2v) is 7.95. The van der Waals surface area contributed by atoms with Crippen molar-refractivity contribution in [2.24, 2.45) is 5.92 Å². The van der Waals surface area contributed by atoms with Crippen molar-refractivity contribution in [2.45, 2.75) is 32.2 Å². The summed E-state index contributed by atoms with van der Waals surface area (Å²) in [6, 6.07) is 15.1. The van der Waals surface area contributed by atoms with Crippen molar-refractivity contribution in [3.63, 3.8) is 0 Å². The third-order valence-corrected chi connectivity index (χ3v) is 6.05. The van der Waals surface area contributed by atoms with Crippen LogP contribution >= 0.6 is 0 Å². The lowest BCUT2D eigenvalue weighted by molar-refractivity contribution is -0.126. The summed E-state index contributed by atoms with van der Waals surface area (Å²) in [4.78, 5) is 27.5. The van der Waals surface area contributed by atoms with Crippen molar-refractivity contribution in [3.8, 4) is 11.5 Å². The van der Waals surface area contributed by atoms with Gasteiger partial charge in [0.1, 0.15) is 0 Å². The minimum Gasteiger partial charge on any atom is -0.493 e. The van der Waals surface area contributed by atoms with Crippen molar-refractivity contribution in [2.75, 3.05) is 33.9 Å². The number of Topliss-reactive ketones (excluding diaryl/α,β-unsaturated/α-hetero) is 1. The molecule has 6 heteroatoms. The minimum absolute atomic E-state index is 0.0216. The molecule has 0 aromatic heterocycles. The maximum atomic E-state index is 12.7. The molecule has 1 aliphatic rings. The number of hydrogen-bond acceptors (Lipinski definition) is 5. The molecule has 1 unspecified atom stereocenters. The van der Waals surface area contributed by atoms with Gasteiger partial charge in [-0.05, 0) is 57.0 Å². The highest BCUT2D eigenvalue weighted by Gasteiger charge is 2.30. The standard InChI is InChI=1S/C25H32N2O4/c1-18(25(29)26-14-11-19-9-10-22(30-2)23(17-19)31-3)27-15-12-21(13-16-27)24(28)20-7-5-4-6-8-20/h4-10,17-18,21H,11-16H2,1-3H3,(H,26,29). The van der Waals surface area contributed by atoms with E-state index in [1.54, 1.807) is 14.2 Å². The molecule has 1 aliphatic heterocycles. The van der Waals surface area contributed by atoms with E-state index in [1.165, 1.54) is 0 Å². The molecular weight excluding hydrogens is 392 g/mol. The fourth-order valence-electron chi connectivity index (χ4n) is 4.07. The third kappa shape index (κ3) is 5.85. The van der Waals surface area contributed by atoms with Gasteiger partial charge < -0.3 is 14.8 Å². The van der Waals surface area contributed by atoms with Gasteiger partial charge in [0.25, 0.3) is 0 Å². The Morgan fingerprint density at radius 3 is 2.35 bits per heavy atom. The van der Waals surface area contributed by atoms with E-state index >= 15 is 0 Å². The number of carbonyl (C=O) groups is 2. The molecule has 6 nitrogen and oxygen atoms in total. The molecule has 1 amide bonds. The maximum Gasteiger partial charge on any atom is 0.237 e. The second-order valence-electron chi connectivity index (χ2n) is 7.95. The van der Waals surface area contributed by atoms with Crippen molar-refractivity contribution in [1.29, 1.82) is 0 Å². The fraction of sp³-hybridized carbons (Fsp3) is 0.440. The van der Waals surface area contributed by atoms with E-state index in [2.05, 4.69) is 10.2 Å². The number of nitrogens with zero attached hydrogens (tertiary/aromatic N) is 1. The first-order valence-electron chi connectivity index (χ1n) is 10.9. The van der Waals surface area contributed by atoms with Crippen molar-refractivity contribution in [1.82, 2.24) is 10.2 Å². The molecule has 1 atom stereocenters. The molecular formula is C25H32N2O4. The zero-order valence-corrected chi connectivity index (χ0v) is 18.6. The molecule has 0 aliphatic carbocycles. The van der Waals surface area contributed by atoms with Crippen LogP contribution in [-0.4, -0.2) is 56.5 Å². The lowest BCUT2D eigenvalue weighted by atomic mass is 9.88. The van der Waals surface area contributed by atoms with Gasteiger partial charge in [0.15, 0.2) is 17.3 Å². The molecule has 31 heavy (non-hydrogen) atoms. The summed E-state index contributed by atoms with van der Waals surface area (Å²) < 4.78 is 10.6. The molecule has 2 aromatic rings. The molecule has 1 saturated heterocycles. The van der Waals surface area contributed by atoms with E-state index in [9.17, 15) is 9.59 Å². The number of benzene rings is 2. The number of methoxy groups -OCH3 is 2. The molecule has 2 aromatic carbocycles. The van der Waals surface area contributed by atoms with Gasteiger partial charge >= 0.3 is 0 Å². The topological polar surface area (TPSA) is 67.9 Å². The molecule has 0 saturated carbocycles. The van der Waals surface area contributed by atoms with Gasteiger partial charge in [0.2, 0.25) is 5.91 Å². The van der Waals surface area contributed by atoms with Crippen LogP contribution < -0.4 is 14.8 Å². The average Bonchev–Trinajstić information content (AvgIpc) is 2.83. The number of piperidine rings is 1. The van der Waals surface area contributed by atoms with E-state index < -0.39 is 0 Å². The first-order chi connectivity index (χ1) is 15.0. The van der Waals surface area contributed by atoms with Crippen molar-refractivity contribution < 1.29 is 19.1 Å². The predicted molar refractivity (Wildman–Crippen MR) is 121 cm³/mol. The molecule has 166 valence electrons.